The molecule has 0 aliphatic rings. The van der Waals surface area contributed by atoms with E-state index in [9.17, 15) is 4.79 Å². The van der Waals surface area contributed by atoms with Crippen molar-refractivity contribution in [1.29, 1.82) is 0 Å². The lowest BCUT2D eigenvalue weighted by molar-refractivity contribution is 0.0785. The number of hydrogen-bond donors (Lipinski definition) is 0. The summed E-state index contributed by atoms with van der Waals surface area (Å²) in [5.41, 5.74) is 1.73. The summed E-state index contributed by atoms with van der Waals surface area (Å²) in [5.74, 6) is 0.0125. The molecular weight excluding hydrogens is 373 g/mol. The van der Waals surface area contributed by atoms with E-state index < -0.39 is 0 Å². The van der Waals surface area contributed by atoms with Crippen LogP contribution in [0.1, 0.15) is 15.9 Å². The Bertz CT molecular complexity index is 600. The van der Waals surface area contributed by atoms with Crippen LogP contribution in [-0.4, -0.2) is 17.9 Å². The molecule has 0 aromatic heterocycles. The highest BCUT2D eigenvalue weighted by atomic mass is 127. The summed E-state index contributed by atoms with van der Waals surface area (Å²) < 4.78 is 1.06. The van der Waals surface area contributed by atoms with Crippen molar-refractivity contribution in [2.24, 2.45) is 0 Å². The molecular formula is C15H13ClINO. The van der Waals surface area contributed by atoms with Gasteiger partial charge in [0.25, 0.3) is 5.91 Å². The number of amides is 1. The first-order chi connectivity index (χ1) is 9.06. The van der Waals surface area contributed by atoms with Crippen LogP contribution in [0.4, 0.5) is 0 Å². The van der Waals surface area contributed by atoms with E-state index in [1.165, 1.54) is 0 Å². The Morgan fingerprint density at radius 3 is 2.63 bits per heavy atom. The van der Waals surface area contributed by atoms with Gasteiger partial charge in [-0.1, -0.05) is 29.8 Å². The Morgan fingerprint density at radius 1 is 1.21 bits per heavy atom. The van der Waals surface area contributed by atoms with E-state index in [0.717, 1.165) is 9.13 Å². The quantitative estimate of drug-likeness (QED) is 0.725. The number of carbonyl (C=O) groups is 1. The Morgan fingerprint density at radius 2 is 1.95 bits per heavy atom. The largest absolute Gasteiger partial charge is 0.337 e. The first-order valence-corrected chi connectivity index (χ1v) is 7.27. The van der Waals surface area contributed by atoms with Gasteiger partial charge in [-0.05, 0) is 58.5 Å². The zero-order chi connectivity index (χ0) is 13.8. The van der Waals surface area contributed by atoms with Crippen LogP contribution in [0.5, 0.6) is 0 Å². The highest BCUT2D eigenvalue weighted by Crippen LogP contribution is 2.14. The molecule has 0 saturated heterocycles. The van der Waals surface area contributed by atoms with Crippen LogP contribution in [0, 0.1) is 3.57 Å². The van der Waals surface area contributed by atoms with Gasteiger partial charge >= 0.3 is 0 Å². The summed E-state index contributed by atoms with van der Waals surface area (Å²) in [7, 11) is 1.79. The van der Waals surface area contributed by atoms with E-state index in [0.29, 0.717) is 17.1 Å². The zero-order valence-electron chi connectivity index (χ0n) is 10.4. The predicted octanol–water partition coefficient (Wildman–Crippen LogP) is 4.22. The molecule has 0 aliphatic carbocycles. The number of carbonyl (C=O) groups excluding carboxylic acids is 1. The van der Waals surface area contributed by atoms with E-state index in [4.69, 9.17) is 11.6 Å². The zero-order valence-corrected chi connectivity index (χ0v) is 13.4. The standard InChI is InChI=1S/C15H13ClINO/c1-18(10-11-4-2-6-13(16)8-11)15(19)12-5-3-7-14(17)9-12/h2-9H,10H2,1H3. The minimum Gasteiger partial charge on any atom is -0.337 e. The second kappa shape index (κ2) is 6.39. The van der Waals surface area contributed by atoms with Gasteiger partial charge in [0.15, 0.2) is 0 Å². The van der Waals surface area contributed by atoms with E-state index in [1.807, 2.05) is 48.5 Å². The maximum atomic E-state index is 12.3. The van der Waals surface area contributed by atoms with Gasteiger partial charge in [0.05, 0.1) is 0 Å². The third kappa shape index (κ3) is 3.94. The average Bonchev–Trinajstić information content (AvgIpc) is 2.38. The molecule has 0 saturated carbocycles. The molecule has 2 aromatic rings. The fourth-order valence-corrected chi connectivity index (χ4v) is 2.58. The van der Waals surface area contributed by atoms with Gasteiger partial charge in [-0.3, -0.25) is 4.79 Å². The van der Waals surface area contributed by atoms with E-state index >= 15 is 0 Å². The lowest BCUT2D eigenvalue weighted by atomic mass is 10.1. The molecule has 0 spiro atoms. The molecule has 2 rings (SSSR count). The minimum atomic E-state index is 0.0125. The van der Waals surface area contributed by atoms with Crippen molar-refractivity contribution in [3.8, 4) is 0 Å². The van der Waals surface area contributed by atoms with Crippen LogP contribution in [0.3, 0.4) is 0 Å². The number of halogens is 2. The third-order valence-electron chi connectivity index (χ3n) is 2.73. The molecule has 0 fully saturated rings. The molecule has 2 nitrogen and oxygen atoms in total. The molecule has 19 heavy (non-hydrogen) atoms. The van der Waals surface area contributed by atoms with Crippen LogP contribution in [0.25, 0.3) is 0 Å². The summed E-state index contributed by atoms with van der Waals surface area (Å²) in [6.07, 6.45) is 0. The lowest BCUT2D eigenvalue weighted by Gasteiger charge is -2.17. The molecule has 0 radical (unpaired) electrons. The van der Waals surface area contributed by atoms with Gasteiger partial charge in [0.2, 0.25) is 0 Å². The third-order valence-corrected chi connectivity index (χ3v) is 3.63. The summed E-state index contributed by atoms with van der Waals surface area (Å²) in [6.45, 7) is 0.546. The van der Waals surface area contributed by atoms with Crippen LogP contribution >= 0.6 is 34.2 Å². The Balaban J connectivity index is 2.12. The molecule has 2 aromatic carbocycles. The topological polar surface area (TPSA) is 20.3 Å². The van der Waals surface area contributed by atoms with Gasteiger partial charge in [-0.25, -0.2) is 0 Å². The van der Waals surface area contributed by atoms with Crippen LogP contribution < -0.4 is 0 Å². The van der Waals surface area contributed by atoms with Crippen molar-refractivity contribution in [2.75, 3.05) is 7.05 Å². The van der Waals surface area contributed by atoms with Gasteiger partial charge < -0.3 is 4.90 Å². The number of rotatable bonds is 3. The monoisotopic (exact) mass is 385 g/mol. The number of hydrogen-bond acceptors (Lipinski definition) is 1. The van der Waals surface area contributed by atoms with Crippen LogP contribution in [-0.2, 0) is 6.54 Å². The van der Waals surface area contributed by atoms with Crippen LogP contribution in [0.2, 0.25) is 5.02 Å². The van der Waals surface area contributed by atoms with E-state index in [2.05, 4.69) is 22.6 Å². The SMILES string of the molecule is CN(Cc1cccc(Cl)c1)C(=O)c1cccc(I)c1. The maximum absolute atomic E-state index is 12.3. The Hall–Kier alpha value is -1.07. The molecule has 0 N–H and O–H groups in total. The predicted molar refractivity (Wildman–Crippen MR) is 86.4 cm³/mol. The van der Waals surface area contributed by atoms with Crippen LogP contribution in [0.15, 0.2) is 48.5 Å². The van der Waals surface area contributed by atoms with Crippen molar-refractivity contribution < 1.29 is 4.79 Å². The summed E-state index contributed by atoms with van der Waals surface area (Å²) in [5, 5.41) is 0.688. The molecule has 0 atom stereocenters. The first-order valence-electron chi connectivity index (χ1n) is 5.82. The van der Waals surface area contributed by atoms with Crippen molar-refractivity contribution in [3.63, 3.8) is 0 Å². The van der Waals surface area contributed by atoms with Gasteiger partial charge in [-0.15, -0.1) is 0 Å². The second-order valence-electron chi connectivity index (χ2n) is 4.30. The normalized spacial score (nSPS) is 10.3. The number of nitrogens with zero attached hydrogens (tertiary/aromatic N) is 1. The summed E-state index contributed by atoms with van der Waals surface area (Å²) in [6, 6.07) is 15.1. The first kappa shape index (κ1) is 14.3. The highest BCUT2D eigenvalue weighted by molar-refractivity contribution is 14.1. The average molecular weight is 386 g/mol. The highest BCUT2D eigenvalue weighted by Gasteiger charge is 2.12. The van der Waals surface area contributed by atoms with E-state index in [-0.39, 0.29) is 5.91 Å². The smallest absolute Gasteiger partial charge is 0.253 e. The van der Waals surface area contributed by atoms with Crippen molar-refractivity contribution in [1.82, 2.24) is 4.90 Å². The Labute approximate surface area is 131 Å². The van der Waals surface area contributed by atoms with Gasteiger partial charge in [0.1, 0.15) is 0 Å². The van der Waals surface area contributed by atoms with Crippen molar-refractivity contribution >= 4 is 40.1 Å². The molecule has 98 valence electrons. The van der Waals surface area contributed by atoms with Gasteiger partial charge in [-0.2, -0.15) is 0 Å². The molecule has 4 heteroatoms. The minimum absolute atomic E-state index is 0.0125. The second-order valence-corrected chi connectivity index (χ2v) is 5.98. The molecule has 0 unspecified atom stereocenters. The molecule has 0 heterocycles. The molecule has 0 aliphatic heterocycles. The maximum Gasteiger partial charge on any atom is 0.253 e. The fraction of sp³-hybridized carbons (Fsp3) is 0.133. The fourth-order valence-electron chi connectivity index (χ4n) is 1.82. The molecule has 1 amide bonds. The Kier molecular flexibility index (Phi) is 4.82. The molecule has 0 bridgehead atoms. The lowest BCUT2D eigenvalue weighted by Crippen LogP contribution is -2.26. The summed E-state index contributed by atoms with van der Waals surface area (Å²) >= 11 is 8.14. The number of benzene rings is 2. The van der Waals surface area contributed by atoms with Crippen molar-refractivity contribution in [3.05, 3.63) is 68.3 Å². The summed E-state index contributed by atoms with van der Waals surface area (Å²) in [4.78, 5) is 14.0. The van der Waals surface area contributed by atoms with E-state index in [1.54, 1.807) is 11.9 Å². The van der Waals surface area contributed by atoms with Crippen molar-refractivity contribution in [2.45, 2.75) is 6.54 Å². The van der Waals surface area contributed by atoms with Gasteiger partial charge in [0, 0.05) is 27.7 Å².